The fraction of sp³-hybridized carbons (Fsp3) is 0.419. The Morgan fingerprint density at radius 1 is 1.05 bits per heavy atom. The second-order valence-electron chi connectivity index (χ2n) is 15.9. The molecule has 0 saturated carbocycles. The van der Waals surface area contributed by atoms with Crippen molar-refractivity contribution in [3.8, 4) is 17.2 Å². The van der Waals surface area contributed by atoms with Gasteiger partial charge in [0.25, 0.3) is 5.91 Å². The van der Waals surface area contributed by atoms with Crippen molar-refractivity contribution in [2.24, 2.45) is 5.73 Å². The number of carboxylic acid groups (broad SMARTS) is 1. The van der Waals surface area contributed by atoms with Gasteiger partial charge in [0.15, 0.2) is 17.9 Å². The fourth-order valence-electron chi connectivity index (χ4n) is 8.53. The van der Waals surface area contributed by atoms with Gasteiger partial charge in [-0.1, -0.05) is 18.2 Å². The minimum absolute atomic E-state index is 0.0173. The zero-order chi connectivity index (χ0) is 47.2. The predicted octanol–water partition coefficient (Wildman–Crippen LogP) is 0.594. The molecular formula is C43H45N3O17S2. The number of Topliss-reactive ketones (excluding diaryl/α,β-unsaturated/α-hetero) is 1. The number of phenols is 2. The van der Waals surface area contributed by atoms with Crippen LogP contribution in [0.25, 0.3) is 0 Å². The van der Waals surface area contributed by atoms with Gasteiger partial charge in [0.1, 0.15) is 53.2 Å². The molecule has 2 aromatic carbocycles. The quantitative estimate of drug-likeness (QED) is 0.0580. The van der Waals surface area contributed by atoms with E-state index in [2.05, 4.69) is 5.32 Å². The van der Waals surface area contributed by atoms with Gasteiger partial charge in [0.05, 0.1) is 48.5 Å². The number of hydrogen-bond acceptors (Lipinski definition) is 19. The lowest BCUT2D eigenvalue weighted by molar-refractivity contribution is -0.247. The number of amides is 2. The highest BCUT2D eigenvalue weighted by Crippen LogP contribution is 2.52. The first-order chi connectivity index (χ1) is 30.8. The molecule has 8 atom stereocenters. The third kappa shape index (κ3) is 8.75. The van der Waals surface area contributed by atoms with Gasteiger partial charge < -0.3 is 60.6 Å². The molecule has 2 fully saturated rings. The summed E-state index contributed by atoms with van der Waals surface area (Å²) in [4.78, 5) is 88.9. The second-order valence-corrected chi connectivity index (χ2v) is 18.0. The van der Waals surface area contributed by atoms with Crippen LogP contribution in [0.15, 0.2) is 47.0 Å². The third-order valence-corrected chi connectivity index (χ3v) is 14.0. The maximum absolute atomic E-state index is 13.6. The van der Waals surface area contributed by atoms with Gasteiger partial charge in [-0.3, -0.25) is 33.7 Å². The zero-order valence-corrected chi connectivity index (χ0v) is 36.6. The number of carboxylic acids is 1. The summed E-state index contributed by atoms with van der Waals surface area (Å²) in [5.41, 5.74) is 2.58. The highest BCUT2D eigenvalue weighted by atomic mass is 32.2. The van der Waals surface area contributed by atoms with Gasteiger partial charge >= 0.3 is 11.9 Å². The number of carbonyl (C=O) groups is 7. The Labute approximate surface area is 377 Å². The van der Waals surface area contributed by atoms with Crippen molar-refractivity contribution >= 4 is 64.2 Å². The van der Waals surface area contributed by atoms with Crippen LogP contribution in [0.1, 0.15) is 80.6 Å². The number of ether oxygens (including phenoxy) is 4. The number of methoxy groups -OCH3 is 1. The maximum atomic E-state index is 13.6. The molecule has 65 heavy (non-hydrogen) atoms. The number of thiophene rings is 1. The Kier molecular flexibility index (Phi) is 13.6. The van der Waals surface area contributed by atoms with Crippen molar-refractivity contribution in [2.75, 3.05) is 26.1 Å². The Hall–Kier alpha value is -5.72. The average molecular weight is 940 g/mol. The van der Waals surface area contributed by atoms with E-state index in [9.17, 15) is 64.2 Å². The molecule has 3 aliphatic heterocycles. The Bertz CT molecular complexity index is 2500. The average Bonchev–Trinajstić information content (AvgIpc) is 3.78. The molecule has 0 bridgehead atoms. The minimum atomic E-state index is -2.24. The Morgan fingerprint density at radius 3 is 2.40 bits per heavy atom. The number of rotatable bonds is 11. The number of ketones is 3. The summed E-state index contributed by atoms with van der Waals surface area (Å²) in [6.07, 6.45) is -4.94. The number of benzene rings is 2. The lowest BCUT2D eigenvalue weighted by Crippen LogP contribution is -2.70. The van der Waals surface area contributed by atoms with Gasteiger partial charge in [-0.25, -0.2) is 4.79 Å². The molecule has 1 aromatic heterocycles. The number of nitrogens with one attached hydrogen (secondary N) is 1. The molecule has 346 valence electrons. The SMILES string of the molecule is CC(=O)OCC1=C(C(=O)O)N2C(=O)[C@@H](NC(=O)Cc3cccs3)[C@H]2SC1.COc1cccc2c1C(=O)c1c(O)c3c(c(O)c1C2=O)C[C@@](O)(C(=O)CO)C[C@@H]3O[C@H]1C[C@H](N)[C@H](O)[C@H](C)O1. The maximum Gasteiger partial charge on any atom is 0.352 e. The van der Waals surface area contributed by atoms with E-state index in [1.807, 2.05) is 17.5 Å². The monoisotopic (exact) mass is 939 g/mol. The summed E-state index contributed by atoms with van der Waals surface area (Å²) in [6.45, 7) is 1.62. The molecule has 4 heterocycles. The molecule has 0 unspecified atom stereocenters. The number of aromatic hydroxyl groups is 2. The van der Waals surface area contributed by atoms with Gasteiger partial charge in [-0.2, -0.15) is 0 Å². The van der Waals surface area contributed by atoms with E-state index in [1.165, 1.54) is 55.3 Å². The molecule has 9 N–H and O–H groups in total. The van der Waals surface area contributed by atoms with E-state index in [-0.39, 0.29) is 59.1 Å². The number of aliphatic hydroxyl groups is 3. The smallest absolute Gasteiger partial charge is 0.352 e. The van der Waals surface area contributed by atoms with Crippen molar-refractivity contribution in [2.45, 2.75) is 87.2 Å². The number of β-lactam (4-membered cyclic amide) rings is 1. The van der Waals surface area contributed by atoms with E-state index >= 15 is 0 Å². The first kappa shape index (κ1) is 47.2. The molecule has 2 aliphatic carbocycles. The van der Waals surface area contributed by atoms with Crippen LogP contribution in [0.3, 0.4) is 0 Å². The second kappa shape index (κ2) is 18.6. The number of aliphatic hydroxyl groups excluding tert-OH is 2. The number of hydrogen-bond donors (Lipinski definition) is 8. The number of phenolic OH excluding ortho intramolecular Hbond substituents is 2. The van der Waals surface area contributed by atoms with E-state index in [4.69, 9.17) is 24.7 Å². The molecule has 5 aliphatic rings. The number of nitrogens with zero attached hydrogens (tertiary/aromatic N) is 1. The van der Waals surface area contributed by atoms with Crippen molar-refractivity contribution in [1.29, 1.82) is 0 Å². The van der Waals surface area contributed by atoms with Crippen LogP contribution in [0.5, 0.6) is 17.2 Å². The summed E-state index contributed by atoms with van der Waals surface area (Å²) in [6, 6.07) is 6.56. The third-order valence-electron chi connectivity index (χ3n) is 11.7. The van der Waals surface area contributed by atoms with Crippen LogP contribution in [0.2, 0.25) is 0 Å². The zero-order valence-electron chi connectivity index (χ0n) is 35.0. The topological polar surface area (TPSA) is 319 Å². The van der Waals surface area contributed by atoms with E-state index in [0.29, 0.717) is 11.3 Å². The summed E-state index contributed by atoms with van der Waals surface area (Å²) < 4.78 is 21.9. The number of esters is 1. The van der Waals surface area contributed by atoms with Gasteiger partial charge in [0.2, 0.25) is 11.7 Å². The molecule has 8 rings (SSSR count). The molecule has 20 nitrogen and oxygen atoms in total. The van der Waals surface area contributed by atoms with Crippen LogP contribution in [-0.4, -0.2) is 144 Å². The van der Waals surface area contributed by atoms with Crippen LogP contribution in [0, 0.1) is 0 Å². The van der Waals surface area contributed by atoms with Gasteiger partial charge in [-0.05, 0) is 24.4 Å². The van der Waals surface area contributed by atoms with E-state index in [0.717, 1.165) is 9.78 Å². The van der Waals surface area contributed by atoms with Crippen molar-refractivity contribution in [3.63, 3.8) is 0 Å². The largest absolute Gasteiger partial charge is 0.507 e. The van der Waals surface area contributed by atoms with Crippen LogP contribution in [-0.2, 0) is 51.0 Å². The lowest BCUT2D eigenvalue weighted by Gasteiger charge is -2.49. The summed E-state index contributed by atoms with van der Waals surface area (Å²) in [7, 11) is 1.32. The number of thioether (sulfide) groups is 1. The minimum Gasteiger partial charge on any atom is -0.507 e. The molecule has 3 aromatic rings. The number of fused-ring (bicyclic) bond motifs is 4. The molecular weight excluding hydrogens is 895 g/mol. The normalized spacial score (nSPS) is 26.6. The van der Waals surface area contributed by atoms with Crippen molar-refractivity contribution in [3.05, 3.63) is 85.2 Å². The van der Waals surface area contributed by atoms with E-state index in [1.54, 1.807) is 6.92 Å². The standard InChI is InChI=1S/C27H29NO11.C16H16N2O6S2/c1-10-22(31)13(28)6-17(38-10)39-15-8-27(36,16(30)9-29)7-12-19(15)26(35)21-20(24(12)33)23(32)11-4-3-5-14(37-2)18(11)25(21)34;1-8(19)24-6-9-7-26-15-12(14(21)18(15)13(9)16(22)23)17-11(20)5-10-3-2-4-25-10/h3-5,10,13,15,17,22,29,31,33,35-36H,6-9,28H2,1-2H3;2-4,12,15H,5-7H2,1H3,(H,17,20)(H,22,23)/t10-,13-,15-,17-,22+,27-;12-,15-/m01/s1. The first-order valence-corrected chi connectivity index (χ1v) is 22.1. The Morgan fingerprint density at radius 2 is 1.77 bits per heavy atom. The number of carbonyl (C=O) groups excluding carboxylic acids is 6. The summed E-state index contributed by atoms with van der Waals surface area (Å²) in [5.74, 6) is -6.00. The molecule has 0 radical (unpaired) electrons. The van der Waals surface area contributed by atoms with Crippen molar-refractivity contribution < 1.29 is 83.1 Å². The Balaban J connectivity index is 0.000000210. The first-order valence-electron chi connectivity index (χ1n) is 20.1. The fourth-order valence-corrected chi connectivity index (χ4v) is 10.6. The highest BCUT2D eigenvalue weighted by Gasteiger charge is 2.54. The molecule has 2 amide bonds. The lowest BCUT2D eigenvalue weighted by atomic mass is 9.72. The number of nitrogens with two attached hydrogens (primary N) is 1. The number of aliphatic carboxylic acids is 1. The van der Waals surface area contributed by atoms with Gasteiger partial charge in [-0.15, -0.1) is 23.1 Å². The van der Waals surface area contributed by atoms with Crippen LogP contribution < -0.4 is 15.8 Å². The summed E-state index contributed by atoms with van der Waals surface area (Å²) in [5, 5.41) is 67.2. The van der Waals surface area contributed by atoms with Gasteiger partial charge in [0, 0.05) is 65.1 Å². The molecule has 2 saturated heterocycles. The molecule has 22 heteroatoms. The molecule has 0 spiro atoms. The van der Waals surface area contributed by atoms with Crippen LogP contribution in [0.4, 0.5) is 0 Å². The highest BCUT2D eigenvalue weighted by molar-refractivity contribution is 8.00. The van der Waals surface area contributed by atoms with Crippen LogP contribution >= 0.6 is 23.1 Å². The summed E-state index contributed by atoms with van der Waals surface area (Å²) >= 11 is 2.79. The predicted molar refractivity (Wildman–Crippen MR) is 226 cm³/mol. The van der Waals surface area contributed by atoms with E-state index < -0.39 is 125 Å². The van der Waals surface area contributed by atoms with Crippen molar-refractivity contribution in [1.82, 2.24) is 10.2 Å².